The summed E-state index contributed by atoms with van der Waals surface area (Å²) in [5.41, 5.74) is 5.89. The van der Waals surface area contributed by atoms with E-state index in [0.29, 0.717) is 32.3 Å². The summed E-state index contributed by atoms with van der Waals surface area (Å²) >= 11 is 24.5. The van der Waals surface area contributed by atoms with E-state index in [-0.39, 0.29) is 12.4 Å². The van der Waals surface area contributed by atoms with Gasteiger partial charge in [0.2, 0.25) is 0 Å². The van der Waals surface area contributed by atoms with Gasteiger partial charge in [0.1, 0.15) is 5.82 Å². The Bertz CT molecular complexity index is 1310. The number of aryl methyl sites for hydroxylation is 2. The van der Waals surface area contributed by atoms with Gasteiger partial charge in [-0.05, 0) is 64.2 Å². The summed E-state index contributed by atoms with van der Waals surface area (Å²) in [6.07, 6.45) is 0. The summed E-state index contributed by atoms with van der Waals surface area (Å²) in [7, 11) is 0. The molecule has 188 valence electrons. The van der Waals surface area contributed by atoms with Crippen LogP contribution in [0, 0.1) is 33.5 Å². The fourth-order valence-corrected chi connectivity index (χ4v) is 4.93. The lowest BCUT2D eigenvalue weighted by atomic mass is 10.2. The van der Waals surface area contributed by atoms with Gasteiger partial charge < -0.3 is 10.6 Å². The fourth-order valence-electron chi connectivity index (χ4n) is 3.99. The Morgan fingerprint density at radius 3 is 1.67 bits per heavy atom. The van der Waals surface area contributed by atoms with E-state index in [9.17, 15) is 4.39 Å². The van der Waals surface area contributed by atoms with Crippen molar-refractivity contribution in [1.29, 1.82) is 0 Å². The van der Waals surface area contributed by atoms with Crippen molar-refractivity contribution in [3.05, 3.63) is 91.2 Å². The van der Waals surface area contributed by atoms with Crippen molar-refractivity contribution >= 4 is 63.5 Å². The Labute approximate surface area is 229 Å². The zero-order valence-electron chi connectivity index (χ0n) is 20.1. The van der Waals surface area contributed by atoms with Gasteiger partial charge in [0.25, 0.3) is 0 Å². The van der Waals surface area contributed by atoms with Gasteiger partial charge >= 0.3 is 0 Å². The van der Waals surface area contributed by atoms with Crippen LogP contribution in [0.15, 0.2) is 36.4 Å². The van der Waals surface area contributed by atoms with Gasteiger partial charge in [-0.2, -0.15) is 10.2 Å². The maximum Gasteiger partial charge on any atom is 0.175 e. The number of halogens is 4. The van der Waals surface area contributed by atoms with E-state index in [4.69, 9.17) is 47.0 Å². The van der Waals surface area contributed by atoms with Crippen LogP contribution in [0.5, 0.6) is 0 Å². The van der Waals surface area contributed by atoms with Gasteiger partial charge in [-0.25, -0.2) is 4.39 Å². The average molecular weight is 566 g/mol. The van der Waals surface area contributed by atoms with Crippen molar-refractivity contribution in [3.8, 4) is 0 Å². The zero-order valence-corrected chi connectivity index (χ0v) is 23.2. The van der Waals surface area contributed by atoms with Gasteiger partial charge in [-0.1, -0.05) is 46.9 Å². The highest BCUT2D eigenvalue weighted by molar-refractivity contribution is 7.80. The molecule has 0 aliphatic heterocycles. The first-order valence-electron chi connectivity index (χ1n) is 11.1. The van der Waals surface area contributed by atoms with Crippen molar-refractivity contribution in [3.63, 3.8) is 0 Å². The van der Waals surface area contributed by atoms with E-state index in [1.54, 1.807) is 28.9 Å². The topological polar surface area (TPSA) is 59.7 Å². The lowest BCUT2D eigenvalue weighted by Gasteiger charge is -2.13. The zero-order chi connectivity index (χ0) is 26.1. The molecule has 0 aliphatic rings. The van der Waals surface area contributed by atoms with Crippen LogP contribution in [0.2, 0.25) is 15.1 Å². The first-order valence-corrected chi connectivity index (χ1v) is 12.6. The average Bonchev–Trinajstić information content (AvgIpc) is 3.23. The van der Waals surface area contributed by atoms with E-state index in [0.717, 1.165) is 39.7 Å². The van der Waals surface area contributed by atoms with E-state index in [2.05, 4.69) is 20.8 Å². The van der Waals surface area contributed by atoms with Gasteiger partial charge in [0.15, 0.2) is 5.11 Å². The number of thiocarbonyl (C=S) groups is 1. The Morgan fingerprint density at radius 1 is 0.778 bits per heavy atom. The number of benzene rings is 2. The SMILES string of the molecule is Cc1nn(Cc2c(F)cccc2Cl)c(C)c1NC(=S)Nc1c(C)nn(Cc2c(Cl)cccc2Cl)c1C. The molecule has 2 heterocycles. The number of nitrogens with zero attached hydrogens (tertiary/aromatic N) is 4. The second kappa shape index (κ2) is 10.8. The second-order valence-electron chi connectivity index (χ2n) is 8.39. The predicted octanol–water partition coefficient (Wildman–Crippen LogP) is 7.32. The Morgan fingerprint density at radius 2 is 1.19 bits per heavy atom. The standard InChI is InChI=1S/C25H24Cl3FN6S/c1-13-23(15(3)34(32-13)11-17-19(26)7-5-8-20(17)27)30-25(36)31-24-14(2)33-35(16(24)4)12-18-21(28)9-6-10-22(18)29/h5-10H,11-12H2,1-4H3,(H2,30,31,36). The maximum absolute atomic E-state index is 14.3. The summed E-state index contributed by atoms with van der Waals surface area (Å²) in [6, 6.07) is 10.0. The molecule has 0 radical (unpaired) electrons. The molecular weight excluding hydrogens is 542 g/mol. The fraction of sp³-hybridized carbons (Fsp3) is 0.240. The number of hydrogen-bond acceptors (Lipinski definition) is 3. The minimum atomic E-state index is -0.372. The lowest BCUT2D eigenvalue weighted by Crippen LogP contribution is -2.21. The third-order valence-electron chi connectivity index (χ3n) is 5.98. The second-order valence-corrected chi connectivity index (χ2v) is 10.0. The number of rotatable bonds is 6. The molecule has 6 nitrogen and oxygen atoms in total. The summed E-state index contributed by atoms with van der Waals surface area (Å²) in [5.74, 6) is -0.372. The van der Waals surface area contributed by atoms with Crippen LogP contribution in [0.1, 0.15) is 33.9 Å². The molecule has 0 saturated carbocycles. The minimum Gasteiger partial charge on any atom is -0.329 e. The highest BCUT2D eigenvalue weighted by Gasteiger charge is 2.18. The monoisotopic (exact) mass is 564 g/mol. The maximum atomic E-state index is 14.3. The number of nitrogens with one attached hydrogen (secondary N) is 2. The molecule has 4 aromatic rings. The normalized spacial score (nSPS) is 11.1. The van der Waals surface area contributed by atoms with Gasteiger partial charge in [0.05, 0.1) is 47.2 Å². The van der Waals surface area contributed by atoms with E-state index in [1.807, 2.05) is 38.4 Å². The van der Waals surface area contributed by atoms with Crippen molar-refractivity contribution < 1.29 is 4.39 Å². The quantitative estimate of drug-likeness (QED) is 0.240. The molecule has 0 unspecified atom stereocenters. The third kappa shape index (κ3) is 5.37. The molecule has 0 aliphatic carbocycles. The molecule has 2 N–H and O–H groups in total. The van der Waals surface area contributed by atoms with Crippen LogP contribution < -0.4 is 10.6 Å². The predicted molar refractivity (Wildman–Crippen MR) is 149 cm³/mol. The number of hydrogen-bond donors (Lipinski definition) is 2. The first-order chi connectivity index (χ1) is 17.1. The molecule has 0 amide bonds. The molecule has 0 saturated heterocycles. The molecule has 11 heteroatoms. The summed E-state index contributed by atoms with van der Waals surface area (Å²) in [6.45, 7) is 8.23. The molecule has 0 fully saturated rings. The van der Waals surface area contributed by atoms with Crippen molar-refractivity contribution in [1.82, 2.24) is 19.6 Å². The van der Waals surface area contributed by atoms with Crippen LogP contribution in [0.25, 0.3) is 0 Å². The van der Waals surface area contributed by atoms with Gasteiger partial charge in [0, 0.05) is 26.2 Å². The van der Waals surface area contributed by atoms with Crippen LogP contribution >= 0.6 is 47.0 Å². The molecule has 0 atom stereocenters. The number of aromatic nitrogens is 4. The Kier molecular flexibility index (Phi) is 7.90. The minimum absolute atomic E-state index is 0.204. The lowest BCUT2D eigenvalue weighted by molar-refractivity contribution is 0.579. The first kappa shape index (κ1) is 26.4. The van der Waals surface area contributed by atoms with Crippen LogP contribution in [-0.2, 0) is 13.1 Å². The van der Waals surface area contributed by atoms with Crippen LogP contribution in [-0.4, -0.2) is 24.7 Å². The molecular formula is C25H24Cl3FN6S. The summed E-state index contributed by atoms with van der Waals surface area (Å²) in [5, 5.41) is 17.6. The molecule has 36 heavy (non-hydrogen) atoms. The molecule has 0 bridgehead atoms. The largest absolute Gasteiger partial charge is 0.329 e. The molecule has 4 rings (SSSR count). The van der Waals surface area contributed by atoms with Gasteiger partial charge in [-0.3, -0.25) is 9.36 Å². The number of anilines is 2. The third-order valence-corrected chi connectivity index (χ3v) is 7.25. The highest BCUT2D eigenvalue weighted by Crippen LogP contribution is 2.28. The van der Waals surface area contributed by atoms with Gasteiger partial charge in [-0.15, -0.1) is 0 Å². The van der Waals surface area contributed by atoms with Crippen LogP contribution in [0.3, 0.4) is 0 Å². The van der Waals surface area contributed by atoms with Crippen molar-refractivity contribution in [2.24, 2.45) is 0 Å². The van der Waals surface area contributed by atoms with E-state index >= 15 is 0 Å². The highest BCUT2D eigenvalue weighted by atomic mass is 35.5. The molecule has 0 spiro atoms. The Hall–Kier alpha value is -2.65. The Balaban J connectivity index is 1.52. The van der Waals surface area contributed by atoms with Crippen LogP contribution in [0.4, 0.5) is 15.8 Å². The van der Waals surface area contributed by atoms with E-state index in [1.165, 1.54) is 6.07 Å². The molecule has 2 aromatic carbocycles. The summed E-state index contributed by atoms with van der Waals surface area (Å²) in [4.78, 5) is 0. The summed E-state index contributed by atoms with van der Waals surface area (Å²) < 4.78 is 17.8. The van der Waals surface area contributed by atoms with Crippen molar-refractivity contribution in [2.75, 3.05) is 10.6 Å². The van der Waals surface area contributed by atoms with E-state index < -0.39 is 0 Å². The smallest absolute Gasteiger partial charge is 0.175 e. The molecule has 2 aromatic heterocycles. The van der Waals surface area contributed by atoms with Crippen molar-refractivity contribution in [2.45, 2.75) is 40.8 Å².